The Bertz CT molecular complexity index is 998. The summed E-state index contributed by atoms with van der Waals surface area (Å²) in [6.45, 7) is 2.18. The zero-order valence-corrected chi connectivity index (χ0v) is 13.1. The highest BCUT2D eigenvalue weighted by Crippen LogP contribution is 2.26. The molecule has 128 valence electrons. The van der Waals surface area contributed by atoms with Gasteiger partial charge >= 0.3 is 0 Å². The van der Waals surface area contributed by atoms with Crippen LogP contribution in [-0.2, 0) is 0 Å². The molecule has 0 aliphatic rings. The normalized spacial score (nSPS) is 10.8. The first-order chi connectivity index (χ1) is 11.9. The highest BCUT2D eigenvalue weighted by Gasteiger charge is 2.25. The molecule has 3 aromatic rings. The molecule has 0 saturated carbocycles. The maximum absolute atomic E-state index is 14.4. The Morgan fingerprint density at radius 2 is 2.04 bits per heavy atom. The predicted octanol–water partition coefficient (Wildman–Crippen LogP) is 2.57. The molecule has 25 heavy (non-hydrogen) atoms. The van der Waals surface area contributed by atoms with E-state index in [1.54, 1.807) is 13.0 Å². The first kappa shape index (κ1) is 16.6. The summed E-state index contributed by atoms with van der Waals surface area (Å²) in [6.07, 6.45) is 2.76. The number of ether oxygens (including phenoxy) is 1. The van der Waals surface area contributed by atoms with E-state index >= 15 is 0 Å². The summed E-state index contributed by atoms with van der Waals surface area (Å²) in [5, 5.41) is 0.347. The third-order valence-corrected chi connectivity index (χ3v) is 3.65. The minimum atomic E-state index is -1.29. The minimum absolute atomic E-state index is 0.00322. The van der Waals surface area contributed by atoms with Crippen LogP contribution in [0.5, 0.6) is 5.75 Å². The van der Waals surface area contributed by atoms with Crippen LogP contribution in [0.15, 0.2) is 30.6 Å². The Morgan fingerprint density at radius 1 is 1.28 bits per heavy atom. The molecule has 3 rings (SSSR count). The van der Waals surface area contributed by atoms with Gasteiger partial charge in [-0.1, -0.05) is 0 Å². The van der Waals surface area contributed by atoms with Gasteiger partial charge in [-0.3, -0.25) is 9.59 Å². The van der Waals surface area contributed by atoms with Gasteiger partial charge in [0.1, 0.15) is 23.0 Å². The quantitative estimate of drug-likeness (QED) is 0.694. The lowest BCUT2D eigenvalue weighted by molar-refractivity contribution is 0.0996. The van der Waals surface area contributed by atoms with Gasteiger partial charge in [-0.2, -0.15) is 0 Å². The summed E-state index contributed by atoms with van der Waals surface area (Å²) in [7, 11) is 0. The molecule has 8 heteroatoms. The van der Waals surface area contributed by atoms with E-state index in [2.05, 4.69) is 9.97 Å². The number of H-pyrrole nitrogens is 1. The van der Waals surface area contributed by atoms with Gasteiger partial charge in [0, 0.05) is 17.1 Å². The van der Waals surface area contributed by atoms with Crippen molar-refractivity contribution >= 4 is 22.7 Å². The van der Waals surface area contributed by atoms with Gasteiger partial charge in [-0.15, -0.1) is 0 Å². The molecule has 2 heterocycles. The van der Waals surface area contributed by atoms with Crippen molar-refractivity contribution in [2.45, 2.75) is 6.92 Å². The van der Waals surface area contributed by atoms with E-state index in [0.717, 1.165) is 12.1 Å². The molecule has 6 nitrogen and oxygen atoms in total. The molecule has 2 aromatic heterocycles. The highest BCUT2D eigenvalue weighted by molar-refractivity contribution is 6.17. The van der Waals surface area contributed by atoms with Crippen LogP contribution in [0.1, 0.15) is 33.2 Å². The fraction of sp³-hybridized carbons (Fsp3) is 0.118. The second kappa shape index (κ2) is 6.31. The smallest absolute Gasteiger partial charge is 0.251 e. The summed E-state index contributed by atoms with van der Waals surface area (Å²) < 4.78 is 33.8. The number of nitrogens with one attached hydrogen (secondary N) is 1. The zero-order valence-electron chi connectivity index (χ0n) is 13.1. The van der Waals surface area contributed by atoms with Gasteiger partial charge in [0.15, 0.2) is 0 Å². The Kier molecular flexibility index (Phi) is 4.18. The average molecular weight is 345 g/mol. The molecule has 0 saturated heterocycles. The van der Waals surface area contributed by atoms with Crippen LogP contribution >= 0.6 is 0 Å². The van der Waals surface area contributed by atoms with Crippen LogP contribution < -0.4 is 10.5 Å². The lowest BCUT2D eigenvalue weighted by Crippen LogP contribution is -2.17. The number of primary amides is 1. The minimum Gasteiger partial charge on any atom is -0.492 e. The lowest BCUT2D eigenvalue weighted by atomic mass is 9.99. The summed E-state index contributed by atoms with van der Waals surface area (Å²) in [4.78, 5) is 30.8. The number of nitrogens with two attached hydrogens (primary N) is 1. The van der Waals surface area contributed by atoms with Crippen molar-refractivity contribution in [2.75, 3.05) is 6.61 Å². The van der Waals surface area contributed by atoms with Crippen LogP contribution in [0, 0.1) is 11.6 Å². The van der Waals surface area contributed by atoms with Crippen LogP contribution in [0.2, 0.25) is 0 Å². The van der Waals surface area contributed by atoms with Gasteiger partial charge in [-0.25, -0.2) is 13.8 Å². The number of ketones is 1. The van der Waals surface area contributed by atoms with Crippen molar-refractivity contribution in [3.05, 3.63) is 58.9 Å². The number of nitrogens with zero attached hydrogens (tertiary/aromatic N) is 1. The molecule has 1 aromatic carbocycles. The maximum atomic E-state index is 14.4. The third kappa shape index (κ3) is 2.82. The molecule has 0 radical (unpaired) electrons. The number of aromatic nitrogens is 2. The molecule has 0 atom stereocenters. The van der Waals surface area contributed by atoms with Gasteiger partial charge in [0.2, 0.25) is 5.78 Å². The number of halogens is 2. The molecule has 0 fully saturated rings. The molecule has 0 bridgehead atoms. The summed E-state index contributed by atoms with van der Waals surface area (Å²) in [6, 6.07) is 3.27. The zero-order chi connectivity index (χ0) is 18.1. The van der Waals surface area contributed by atoms with Gasteiger partial charge in [-0.05, 0) is 25.1 Å². The molecule has 0 spiro atoms. The van der Waals surface area contributed by atoms with Gasteiger partial charge in [0.25, 0.3) is 5.91 Å². The molecule has 3 N–H and O–H groups in total. The fourth-order valence-corrected chi connectivity index (χ4v) is 2.50. The SMILES string of the molecule is CCOc1cnc2[nH]cc(C(=O)c3c(F)ccc(C(N)=O)c3F)c2c1. The van der Waals surface area contributed by atoms with E-state index in [1.165, 1.54) is 12.4 Å². The Hall–Kier alpha value is -3.29. The van der Waals surface area contributed by atoms with Crippen molar-refractivity contribution in [3.63, 3.8) is 0 Å². The number of amides is 1. The van der Waals surface area contributed by atoms with Gasteiger partial charge in [0.05, 0.1) is 23.9 Å². The summed E-state index contributed by atoms with van der Waals surface area (Å²) in [5.74, 6) is -3.99. The second-order valence-corrected chi connectivity index (χ2v) is 5.18. The summed E-state index contributed by atoms with van der Waals surface area (Å²) in [5.41, 5.74) is 4.01. The topological polar surface area (TPSA) is 98.1 Å². The highest BCUT2D eigenvalue weighted by atomic mass is 19.1. The van der Waals surface area contributed by atoms with Crippen molar-refractivity contribution in [2.24, 2.45) is 5.73 Å². The molecule has 1 amide bonds. The first-order valence-electron chi connectivity index (χ1n) is 7.36. The Labute approximate surface area is 140 Å². The van der Waals surface area contributed by atoms with Crippen LogP contribution in [-0.4, -0.2) is 28.3 Å². The molecule has 0 aliphatic heterocycles. The molecule has 0 aliphatic carbocycles. The van der Waals surface area contributed by atoms with E-state index < -0.39 is 34.5 Å². The number of carbonyl (C=O) groups excluding carboxylic acids is 2. The maximum Gasteiger partial charge on any atom is 0.251 e. The molecular weight excluding hydrogens is 332 g/mol. The molecular formula is C17H13F2N3O3. The summed E-state index contributed by atoms with van der Waals surface area (Å²) >= 11 is 0. The van der Waals surface area contributed by atoms with Gasteiger partial charge < -0.3 is 15.5 Å². The van der Waals surface area contributed by atoms with Crippen molar-refractivity contribution in [3.8, 4) is 5.75 Å². The van der Waals surface area contributed by atoms with E-state index in [1.807, 2.05) is 0 Å². The number of aromatic amines is 1. The van der Waals surface area contributed by atoms with E-state index in [-0.39, 0.29) is 5.56 Å². The first-order valence-corrected chi connectivity index (χ1v) is 7.36. The largest absolute Gasteiger partial charge is 0.492 e. The van der Waals surface area contributed by atoms with Crippen LogP contribution in [0.25, 0.3) is 11.0 Å². The van der Waals surface area contributed by atoms with E-state index in [0.29, 0.717) is 23.4 Å². The van der Waals surface area contributed by atoms with Crippen LogP contribution in [0.4, 0.5) is 8.78 Å². The average Bonchev–Trinajstić information content (AvgIpc) is 2.98. The Morgan fingerprint density at radius 3 is 2.72 bits per heavy atom. The fourth-order valence-electron chi connectivity index (χ4n) is 2.50. The van der Waals surface area contributed by atoms with Crippen molar-refractivity contribution in [1.82, 2.24) is 9.97 Å². The number of hydrogen-bond acceptors (Lipinski definition) is 4. The van der Waals surface area contributed by atoms with Crippen LogP contribution in [0.3, 0.4) is 0 Å². The van der Waals surface area contributed by atoms with Crippen molar-refractivity contribution in [1.29, 1.82) is 0 Å². The molecule has 0 unspecified atom stereocenters. The number of carbonyl (C=O) groups is 2. The number of hydrogen-bond donors (Lipinski definition) is 2. The Balaban J connectivity index is 2.16. The number of pyridine rings is 1. The number of rotatable bonds is 5. The second-order valence-electron chi connectivity index (χ2n) is 5.18. The number of fused-ring (bicyclic) bond motifs is 1. The third-order valence-electron chi connectivity index (χ3n) is 3.65. The lowest BCUT2D eigenvalue weighted by Gasteiger charge is -2.07. The van der Waals surface area contributed by atoms with Crippen molar-refractivity contribution < 1.29 is 23.1 Å². The number of benzene rings is 1. The van der Waals surface area contributed by atoms with E-state index in [9.17, 15) is 18.4 Å². The predicted molar refractivity (Wildman–Crippen MR) is 85.6 cm³/mol. The standard InChI is InChI=1S/C17H13F2N3O3/c1-2-25-8-5-10-11(7-22-17(10)21-6-8)15(23)13-12(18)4-3-9(14(13)19)16(20)24/h3-7H,2H2,1H3,(H2,20,24)(H,21,22). The monoisotopic (exact) mass is 345 g/mol. The van der Waals surface area contributed by atoms with E-state index in [4.69, 9.17) is 10.5 Å².